The van der Waals surface area contributed by atoms with E-state index < -0.39 is 35.3 Å². The van der Waals surface area contributed by atoms with E-state index in [1.54, 1.807) is 31.2 Å². The van der Waals surface area contributed by atoms with Crippen molar-refractivity contribution in [1.82, 2.24) is 14.9 Å². The SMILES string of the molecule is CCC(O)(c1cc(F)c2c(c1)C(=O)N(Cc1ncc(Cl)cn1)[C@@]2(OCCO)c1ccc(Cl)cc1)C1(F)CCOCC1. The Bertz CT molecular complexity index is 1420. The van der Waals surface area contributed by atoms with Crippen LogP contribution in [0.15, 0.2) is 48.8 Å². The van der Waals surface area contributed by atoms with Gasteiger partial charge in [0.05, 0.1) is 35.9 Å². The van der Waals surface area contributed by atoms with Gasteiger partial charge in [-0.1, -0.05) is 42.3 Å². The number of carbonyl (C=O) groups excluding carboxylic acids is 1. The summed E-state index contributed by atoms with van der Waals surface area (Å²) < 4.78 is 44.2. The minimum atomic E-state index is -2.10. The molecule has 41 heavy (non-hydrogen) atoms. The third-order valence-electron chi connectivity index (χ3n) is 7.91. The lowest BCUT2D eigenvalue weighted by Gasteiger charge is -2.44. The molecule has 0 bridgehead atoms. The van der Waals surface area contributed by atoms with Crippen LogP contribution in [0.1, 0.15) is 59.1 Å². The molecule has 1 amide bonds. The number of aliphatic hydroxyl groups is 2. The molecule has 2 aliphatic rings. The molecule has 1 unspecified atom stereocenters. The third-order valence-corrected chi connectivity index (χ3v) is 8.36. The van der Waals surface area contributed by atoms with Gasteiger partial charge in [-0.05, 0) is 36.2 Å². The molecule has 2 aromatic carbocycles. The summed E-state index contributed by atoms with van der Waals surface area (Å²) in [6.07, 6.45) is 2.49. The van der Waals surface area contributed by atoms with Gasteiger partial charge in [-0.15, -0.1) is 0 Å². The fourth-order valence-electron chi connectivity index (χ4n) is 5.82. The van der Waals surface area contributed by atoms with Gasteiger partial charge in [-0.25, -0.2) is 18.7 Å². The number of hydrogen-bond acceptors (Lipinski definition) is 7. The molecule has 2 aliphatic heterocycles. The van der Waals surface area contributed by atoms with Crippen LogP contribution in [-0.4, -0.2) is 63.1 Å². The topological polar surface area (TPSA) is 105 Å². The predicted octanol–water partition coefficient (Wildman–Crippen LogP) is 4.90. The summed E-state index contributed by atoms with van der Waals surface area (Å²) in [5, 5.41) is 22.1. The van der Waals surface area contributed by atoms with Crippen LogP contribution in [0.4, 0.5) is 8.78 Å². The summed E-state index contributed by atoms with van der Waals surface area (Å²) >= 11 is 12.1. The van der Waals surface area contributed by atoms with Crippen molar-refractivity contribution in [3.8, 4) is 0 Å². The molecular weight excluding hydrogens is 579 g/mol. The Morgan fingerprint density at radius 1 is 1.12 bits per heavy atom. The first-order valence-corrected chi connectivity index (χ1v) is 14.0. The lowest BCUT2D eigenvalue weighted by atomic mass is 9.72. The highest BCUT2D eigenvalue weighted by Crippen LogP contribution is 2.51. The second-order valence-corrected chi connectivity index (χ2v) is 11.0. The average Bonchev–Trinajstić information content (AvgIpc) is 3.21. The summed E-state index contributed by atoms with van der Waals surface area (Å²) in [5.74, 6) is -1.36. The Morgan fingerprint density at radius 2 is 1.78 bits per heavy atom. The number of ether oxygens (including phenoxy) is 2. The number of benzene rings is 2. The van der Waals surface area contributed by atoms with Gasteiger partial charge in [0.1, 0.15) is 22.9 Å². The number of hydrogen-bond donors (Lipinski definition) is 2. The summed E-state index contributed by atoms with van der Waals surface area (Å²) in [6.45, 7) is 0.905. The molecule has 5 rings (SSSR count). The maximum absolute atomic E-state index is 16.5. The van der Waals surface area contributed by atoms with Crippen LogP contribution in [0.2, 0.25) is 10.0 Å². The molecule has 2 atom stereocenters. The van der Waals surface area contributed by atoms with E-state index >= 15 is 8.78 Å². The van der Waals surface area contributed by atoms with E-state index in [1.807, 2.05) is 0 Å². The van der Waals surface area contributed by atoms with Crippen molar-refractivity contribution in [2.24, 2.45) is 0 Å². The summed E-state index contributed by atoms with van der Waals surface area (Å²) in [7, 11) is 0. The highest BCUT2D eigenvalue weighted by molar-refractivity contribution is 6.30. The molecule has 1 aromatic heterocycles. The number of nitrogens with zero attached hydrogens (tertiary/aromatic N) is 3. The van der Waals surface area contributed by atoms with Crippen molar-refractivity contribution in [2.75, 3.05) is 26.4 Å². The highest BCUT2D eigenvalue weighted by Gasteiger charge is 2.57. The smallest absolute Gasteiger partial charge is 0.257 e. The molecule has 0 saturated carbocycles. The minimum Gasteiger partial charge on any atom is -0.394 e. The van der Waals surface area contributed by atoms with Gasteiger partial charge in [0.25, 0.3) is 5.91 Å². The number of aromatic nitrogens is 2. The number of rotatable bonds is 9. The Kier molecular flexibility index (Phi) is 8.35. The monoisotopic (exact) mass is 607 g/mol. The molecule has 0 radical (unpaired) electrons. The van der Waals surface area contributed by atoms with Gasteiger partial charge in [0.15, 0.2) is 5.72 Å². The summed E-state index contributed by atoms with van der Waals surface area (Å²) in [4.78, 5) is 23.8. The fraction of sp³-hybridized carbons (Fsp3) is 0.414. The lowest BCUT2D eigenvalue weighted by molar-refractivity contribution is -0.155. The molecule has 2 N–H and O–H groups in total. The van der Waals surface area contributed by atoms with Crippen molar-refractivity contribution < 1.29 is 33.3 Å². The molecule has 8 nitrogen and oxygen atoms in total. The normalized spacial score (nSPS) is 21.5. The van der Waals surface area contributed by atoms with Crippen LogP contribution in [0.25, 0.3) is 0 Å². The van der Waals surface area contributed by atoms with E-state index in [4.69, 9.17) is 32.7 Å². The minimum absolute atomic E-state index is 0.0641. The van der Waals surface area contributed by atoms with Gasteiger partial charge in [-0.2, -0.15) is 0 Å². The molecule has 0 aliphatic carbocycles. The quantitative estimate of drug-likeness (QED) is 0.356. The molecule has 3 heterocycles. The maximum Gasteiger partial charge on any atom is 0.257 e. The molecule has 0 spiro atoms. The van der Waals surface area contributed by atoms with E-state index in [0.29, 0.717) is 10.6 Å². The number of amides is 1. The number of fused-ring (bicyclic) bond motifs is 1. The molecule has 218 valence electrons. The van der Waals surface area contributed by atoms with Crippen molar-refractivity contribution in [3.05, 3.63) is 92.7 Å². The molecule has 3 aromatic rings. The predicted molar refractivity (Wildman–Crippen MR) is 147 cm³/mol. The maximum atomic E-state index is 16.5. The average molecular weight is 608 g/mol. The second-order valence-electron chi connectivity index (χ2n) is 10.1. The van der Waals surface area contributed by atoms with Crippen molar-refractivity contribution in [1.29, 1.82) is 0 Å². The van der Waals surface area contributed by atoms with Crippen LogP contribution in [0.5, 0.6) is 0 Å². The van der Waals surface area contributed by atoms with Crippen LogP contribution < -0.4 is 0 Å². The Labute approximate surface area is 245 Å². The van der Waals surface area contributed by atoms with E-state index in [0.717, 1.165) is 6.07 Å². The van der Waals surface area contributed by atoms with Crippen molar-refractivity contribution in [3.63, 3.8) is 0 Å². The molecule has 1 saturated heterocycles. The zero-order chi connectivity index (χ0) is 29.4. The molecule has 12 heteroatoms. The molecule has 1 fully saturated rings. The van der Waals surface area contributed by atoms with Crippen LogP contribution in [0.3, 0.4) is 0 Å². The Morgan fingerprint density at radius 3 is 2.39 bits per heavy atom. The van der Waals surface area contributed by atoms with Gasteiger partial charge in [0.2, 0.25) is 0 Å². The largest absolute Gasteiger partial charge is 0.394 e. The van der Waals surface area contributed by atoms with Crippen molar-refractivity contribution >= 4 is 29.1 Å². The van der Waals surface area contributed by atoms with Gasteiger partial charge >= 0.3 is 0 Å². The first-order chi connectivity index (χ1) is 19.6. The van der Waals surface area contributed by atoms with Crippen LogP contribution in [-0.2, 0) is 27.3 Å². The van der Waals surface area contributed by atoms with Gasteiger partial charge in [0, 0.05) is 49.0 Å². The van der Waals surface area contributed by atoms with E-state index in [1.165, 1.54) is 23.4 Å². The first-order valence-electron chi connectivity index (χ1n) is 13.2. The van der Waals surface area contributed by atoms with Crippen LogP contribution >= 0.6 is 23.2 Å². The number of carbonyl (C=O) groups is 1. The second kappa shape index (κ2) is 11.5. The van der Waals surface area contributed by atoms with E-state index in [2.05, 4.69) is 9.97 Å². The van der Waals surface area contributed by atoms with Crippen molar-refractivity contribution in [2.45, 2.75) is 49.7 Å². The number of alkyl halides is 1. The Hall–Kier alpha value is -2.73. The third kappa shape index (κ3) is 5.00. The number of aliphatic hydroxyl groups excluding tert-OH is 1. The highest BCUT2D eigenvalue weighted by atomic mass is 35.5. The van der Waals surface area contributed by atoms with E-state index in [9.17, 15) is 15.0 Å². The van der Waals surface area contributed by atoms with E-state index in [-0.39, 0.29) is 73.2 Å². The Balaban J connectivity index is 1.73. The molecular formula is C29H29Cl2F2N3O5. The van der Waals surface area contributed by atoms with Gasteiger partial charge < -0.3 is 19.7 Å². The van der Waals surface area contributed by atoms with Crippen LogP contribution in [0, 0.1) is 5.82 Å². The summed E-state index contributed by atoms with van der Waals surface area (Å²) in [5.41, 5.74) is -6.04. The summed E-state index contributed by atoms with van der Waals surface area (Å²) in [6, 6.07) is 8.71. The fourth-order valence-corrected chi connectivity index (χ4v) is 6.04. The van der Waals surface area contributed by atoms with Gasteiger partial charge in [-0.3, -0.25) is 9.69 Å². The zero-order valence-corrected chi connectivity index (χ0v) is 23.8. The standard InChI is InChI=1S/C29H29Cl2F2N3O5/c1-2-28(39,27(33)7-10-40-11-8-27)19-13-22-25(23(32)14-19)29(41-12-9-37,18-3-5-20(30)6-4-18)36(26(22)38)17-24-34-15-21(31)16-35-24/h3-6,13-16,37,39H,2,7-12,17H2,1H3/t28?,29-/m1/s1. The zero-order valence-electron chi connectivity index (χ0n) is 22.2. The lowest BCUT2D eigenvalue weighted by Crippen LogP contribution is -2.51. The first kappa shape index (κ1) is 29.8. The number of halogens is 4.